The fourth-order valence-corrected chi connectivity index (χ4v) is 3.44. The fraction of sp³-hybridized carbons (Fsp3) is 0.444. The van der Waals surface area contributed by atoms with Gasteiger partial charge in [-0.2, -0.15) is 0 Å². The Morgan fingerprint density at radius 2 is 1.67 bits per heavy atom. The molecule has 21 heavy (non-hydrogen) atoms. The van der Waals surface area contributed by atoms with Gasteiger partial charge >= 0.3 is 0 Å². The Bertz CT molecular complexity index is 532. The van der Waals surface area contributed by atoms with E-state index >= 15 is 0 Å². The Morgan fingerprint density at radius 1 is 1.10 bits per heavy atom. The van der Waals surface area contributed by atoms with Crippen molar-refractivity contribution in [3.8, 4) is 0 Å². The van der Waals surface area contributed by atoms with Crippen molar-refractivity contribution in [1.29, 1.82) is 0 Å². The maximum atomic E-state index is 12.2. The molecule has 0 bridgehead atoms. The summed E-state index contributed by atoms with van der Waals surface area (Å²) in [5.41, 5.74) is 0.526. The Hall–Kier alpha value is -1.35. The maximum Gasteiger partial charge on any atom is 0.167 e. The molecule has 0 spiro atoms. The first-order valence-electron chi connectivity index (χ1n) is 7.33. The molecule has 2 nitrogen and oxygen atoms in total. The average molecular weight is 302 g/mol. The molecule has 2 rings (SSSR count). The van der Waals surface area contributed by atoms with Crippen LogP contribution in [-0.2, 0) is 9.59 Å². The molecule has 112 valence electrons. The zero-order chi connectivity index (χ0) is 15.5. The van der Waals surface area contributed by atoms with Gasteiger partial charge in [-0.05, 0) is 24.0 Å². The highest BCUT2D eigenvalue weighted by molar-refractivity contribution is 8.00. The Kier molecular flexibility index (Phi) is 5.04. The lowest BCUT2D eigenvalue weighted by atomic mass is 9.86. The molecule has 0 atom stereocenters. The molecule has 1 aliphatic rings. The fourth-order valence-electron chi connectivity index (χ4n) is 2.27. The molecule has 0 unspecified atom stereocenters. The number of hydrogen-bond acceptors (Lipinski definition) is 3. The van der Waals surface area contributed by atoms with Crippen LogP contribution in [-0.4, -0.2) is 16.8 Å². The first-order chi connectivity index (χ1) is 9.85. The summed E-state index contributed by atoms with van der Waals surface area (Å²) < 4.78 is 0. The molecule has 3 heteroatoms. The van der Waals surface area contributed by atoms with Crippen molar-refractivity contribution < 1.29 is 9.59 Å². The van der Waals surface area contributed by atoms with Crippen LogP contribution in [0.1, 0.15) is 40.0 Å². The van der Waals surface area contributed by atoms with E-state index in [1.165, 1.54) is 0 Å². The summed E-state index contributed by atoms with van der Waals surface area (Å²) in [5.74, 6) is 0.00728. The molecule has 1 aromatic rings. The van der Waals surface area contributed by atoms with Gasteiger partial charge in [0, 0.05) is 23.0 Å². The number of carbonyl (C=O) groups excluding carboxylic acids is 2. The zero-order valence-electron chi connectivity index (χ0n) is 12.9. The van der Waals surface area contributed by atoms with Gasteiger partial charge in [0.15, 0.2) is 11.6 Å². The second-order valence-corrected chi connectivity index (χ2v) is 8.06. The number of ketones is 2. The van der Waals surface area contributed by atoms with E-state index in [1.54, 1.807) is 11.8 Å². The molecule has 0 aromatic heterocycles. The number of rotatable bonds is 3. The number of thioether (sulfide) groups is 1. The summed E-state index contributed by atoms with van der Waals surface area (Å²) >= 11 is 1.63. The van der Waals surface area contributed by atoms with Crippen LogP contribution >= 0.6 is 11.8 Å². The summed E-state index contributed by atoms with van der Waals surface area (Å²) in [7, 11) is 0. The lowest BCUT2D eigenvalue weighted by Gasteiger charge is -2.22. The van der Waals surface area contributed by atoms with Crippen LogP contribution < -0.4 is 0 Å². The number of benzene rings is 1. The zero-order valence-corrected chi connectivity index (χ0v) is 13.7. The summed E-state index contributed by atoms with van der Waals surface area (Å²) in [6.45, 7) is 6.32. The van der Waals surface area contributed by atoms with Crippen molar-refractivity contribution in [2.24, 2.45) is 5.41 Å². The van der Waals surface area contributed by atoms with Gasteiger partial charge in [-0.1, -0.05) is 45.0 Å². The lowest BCUT2D eigenvalue weighted by Crippen LogP contribution is -2.27. The minimum atomic E-state index is 0.00364. The van der Waals surface area contributed by atoms with E-state index in [1.807, 2.05) is 36.4 Å². The van der Waals surface area contributed by atoms with Gasteiger partial charge in [0.05, 0.1) is 5.57 Å². The van der Waals surface area contributed by atoms with Crippen molar-refractivity contribution in [1.82, 2.24) is 0 Å². The third-order valence-electron chi connectivity index (χ3n) is 3.39. The van der Waals surface area contributed by atoms with E-state index < -0.39 is 0 Å². The van der Waals surface area contributed by atoms with Gasteiger partial charge in [0.25, 0.3) is 0 Å². The molecule has 1 aromatic carbocycles. The van der Waals surface area contributed by atoms with Crippen molar-refractivity contribution in [3.63, 3.8) is 0 Å². The van der Waals surface area contributed by atoms with Crippen LogP contribution in [0.15, 0.2) is 46.9 Å². The third kappa shape index (κ3) is 4.85. The minimum Gasteiger partial charge on any atom is -0.294 e. The van der Waals surface area contributed by atoms with Gasteiger partial charge in [-0.25, -0.2) is 0 Å². The monoisotopic (exact) mass is 302 g/mol. The van der Waals surface area contributed by atoms with Gasteiger partial charge in [-0.3, -0.25) is 9.59 Å². The highest BCUT2D eigenvalue weighted by Gasteiger charge is 2.31. The Morgan fingerprint density at radius 3 is 2.19 bits per heavy atom. The molecule has 0 radical (unpaired) electrons. The largest absolute Gasteiger partial charge is 0.294 e. The summed E-state index contributed by atoms with van der Waals surface area (Å²) in [6, 6.07) is 9.96. The lowest BCUT2D eigenvalue weighted by molar-refractivity contribution is -0.123. The third-order valence-corrected chi connectivity index (χ3v) is 4.60. The van der Waals surface area contributed by atoms with E-state index in [9.17, 15) is 9.59 Å². The van der Waals surface area contributed by atoms with Crippen LogP contribution in [0.4, 0.5) is 0 Å². The standard InChI is InChI=1S/C18H22O2S/c1-18(2,3)10-9-15-16(19)11-14(12-17(15)20)21-13-7-5-4-6-8-13/h4-9,14H,10-12H2,1-3H3. The SMILES string of the molecule is CC(C)(C)CC=C1C(=O)CC(Sc2ccccc2)CC1=O. The molecule has 0 N–H and O–H groups in total. The minimum absolute atomic E-state index is 0.00364. The highest BCUT2D eigenvalue weighted by Crippen LogP contribution is 2.33. The Labute approximate surface area is 131 Å². The van der Waals surface area contributed by atoms with Crippen molar-refractivity contribution in [3.05, 3.63) is 42.0 Å². The van der Waals surface area contributed by atoms with Crippen LogP contribution in [0.2, 0.25) is 0 Å². The van der Waals surface area contributed by atoms with Gasteiger partial charge < -0.3 is 0 Å². The van der Waals surface area contributed by atoms with Crippen LogP contribution in [0, 0.1) is 5.41 Å². The van der Waals surface area contributed by atoms with Gasteiger partial charge in [0.1, 0.15) is 0 Å². The van der Waals surface area contributed by atoms with Crippen LogP contribution in [0.25, 0.3) is 0 Å². The maximum absolute atomic E-state index is 12.2. The predicted octanol–water partition coefficient (Wildman–Crippen LogP) is 4.44. The van der Waals surface area contributed by atoms with Crippen molar-refractivity contribution >= 4 is 23.3 Å². The molecular formula is C18H22O2S. The molecule has 0 amide bonds. The molecule has 1 saturated carbocycles. The summed E-state index contributed by atoms with van der Waals surface area (Å²) in [4.78, 5) is 25.6. The number of hydrogen-bond donors (Lipinski definition) is 0. The number of allylic oxidation sites excluding steroid dienone is 2. The first kappa shape index (κ1) is 16.0. The number of carbonyl (C=O) groups is 2. The van der Waals surface area contributed by atoms with Gasteiger partial charge in [-0.15, -0.1) is 11.8 Å². The average Bonchev–Trinajstić information content (AvgIpc) is 2.37. The van der Waals surface area contributed by atoms with Crippen LogP contribution in [0.5, 0.6) is 0 Å². The highest BCUT2D eigenvalue weighted by atomic mass is 32.2. The predicted molar refractivity (Wildman–Crippen MR) is 87.5 cm³/mol. The smallest absolute Gasteiger partial charge is 0.167 e. The normalized spacial score (nSPS) is 19.8. The van der Waals surface area contributed by atoms with E-state index in [2.05, 4.69) is 20.8 Å². The number of Topliss-reactive ketones (excluding diaryl/α,β-unsaturated/α-hetero) is 2. The van der Waals surface area contributed by atoms with Crippen molar-refractivity contribution in [2.75, 3.05) is 0 Å². The van der Waals surface area contributed by atoms with E-state index in [0.29, 0.717) is 18.4 Å². The summed E-state index contributed by atoms with van der Waals surface area (Å²) in [5, 5.41) is 0.0687. The quantitative estimate of drug-likeness (QED) is 0.611. The second-order valence-electron chi connectivity index (χ2n) is 6.69. The second kappa shape index (κ2) is 6.61. The molecule has 0 heterocycles. The molecule has 1 fully saturated rings. The van der Waals surface area contributed by atoms with E-state index in [-0.39, 0.29) is 22.2 Å². The molecule has 1 aliphatic carbocycles. The van der Waals surface area contributed by atoms with Crippen LogP contribution in [0.3, 0.4) is 0 Å². The first-order valence-corrected chi connectivity index (χ1v) is 8.21. The molecular weight excluding hydrogens is 280 g/mol. The van der Waals surface area contributed by atoms with Crippen molar-refractivity contribution in [2.45, 2.75) is 50.2 Å². The van der Waals surface area contributed by atoms with Gasteiger partial charge in [0.2, 0.25) is 0 Å². The molecule has 0 saturated heterocycles. The topological polar surface area (TPSA) is 34.1 Å². The van der Waals surface area contributed by atoms with E-state index in [0.717, 1.165) is 11.3 Å². The van der Waals surface area contributed by atoms with E-state index in [4.69, 9.17) is 0 Å². The Balaban J connectivity index is 2.02. The summed E-state index contributed by atoms with van der Waals surface area (Å²) in [6.07, 6.45) is 3.52. The molecule has 0 aliphatic heterocycles.